The van der Waals surface area contributed by atoms with E-state index in [4.69, 9.17) is 5.11 Å². The summed E-state index contributed by atoms with van der Waals surface area (Å²) in [5, 5.41) is 9.03. The molecule has 1 aliphatic heterocycles. The summed E-state index contributed by atoms with van der Waals surface area (Å²) in [7, 11) is -3.08. The van der Waals surface area contributed by atoms with E-state index in [1.807, 2.05) is 0 Å². The Hall–Kier alpha value is -1.37. The van der Waals surface area contributed by atoms with Crippen molar-refractivity contribution in [2.45, 2.75) is 25.3 Å². The fourth-order valence-corrected chi connectivity index (χ4v) is 4.61. The molecule has 1 saturated carbocycles. The normalized spacial score (nSPS) is 31.3. The maximum absolute atomic E-state index is 12.4. The molecule has 112 valence electrons. The van der Waals surface area contributed by atoms with Crippen LogP contribution in [0.15, 0.2) is 12.7 Å². The number of carboxylic acid groups (broad SMARTS) is 1. The van der Waals surface area contributed by atoms with Gasteiger partial charge >= 0.3 is 5.97 Å². The van der Waals surface area contributed by atoms with Crippen LogP contribution in [-0.4, -0.2) is 54.4 Å². The molecule has 2 fully saturated rings. The molecule has 3 atom stereocenters. The Morgan fingerprint density at radius 3 is 2.30 bits per heavy atom. The smallest absolute Gasteiger partial charge is 0.307 e. The Labute approximate surface area is 118 Å². The third-order valence-corrected chi connectivity index (χ3v) is 5.92. The van der Waals surface area contributed by atoms with Gasteiger partial charge in [0.2, 0.25) is 5.91 Å². The maximum atomic E-state index is 12.4. The van der Waals surface area contributed by atoms with Crippen molar-refractivity contribution in [1.29, 1.82) is 0 Å². The molecule has 7 heteroatoms. The molecule has 1 heterocycles. The third kappa shape index (κ3) is 2.87. The van der Waals surface area contributed by atoms with E-state index in [1.165, 1.54) is 4.90 Å². The number of aliphatic carboxylic acids is 1. The second-order valence-electron chi connectivity index (χ2n) is 5.46. The van der Waals surface area contributed by atoms with E-state index in [9.17, 15) is 18.0 Å². The van der Waals surface area contributed by atoms with Crippen molar-refractivity contribution >= 4 is 21.7 Å². The van der Waals surface area contributed by atoms with Gasteiger partial charge in [-0.1, -0.05) is 6.08 Å². The summed E-state index contributed by atoms with van der Waals surface area (Å²) < 4.78 is 23.1. The van der Waals surface area contributed by atoms with Gasteiger partial charge in [0, 0.05) is 12.6 Å². The number of nitrogens with zero attached hydrogens (tertiary/aromatic N) is 1. The first-order chi connectivity index (χ1) is 9.35. The van der Waals surface area contributed by atoms with Gasteiger partial charge in [0.05, 0.1) is 23.3 Å². The lowest BCUT2D eigenvalue weighted by atomic mass is 9.72. The average molecular weight is 301 g/mol. The van der Waals surface area contributed by atoms with E-state index >= 15 is 0 Å². The fourth-order valence-electron chi connectivity index (χ4n) is 2.88. The predicted octanol–water partition coefficient (Wildman–Crippen LogP) is 0.299. The Bertz CT molecular complexity index is 527. The maximum Gasteiger partial charge on any atom is 0.307 e. The lowest BCUT2D eigenvalue weighted by molar-refractivity contribution is -0.157. The van der Waals surface area contributed by atoms with Gasteiger partial charge in [0.15, 0.2) is 9.84 Å². The number of hydrogen-bond donors (Lipinski definition) is 1. The first-order valence-corrected chi connectivity index (χ1v) is 8.52. The van der Waals surface area contributed by atoms with Crippen LogP contribution in [0, 0.1) is 11.8 Å². The molecule has 0 aromatic carbocycles. The number of carboxylic acids is 1. The first-order valence-electron chi connectivity index (χ1n) is 6.70. The van der Waals surface area contributed by atoms with Crippen molar-refractivity contribution in [1.82, 2.24) is 4.90 Å². The van der Waals surface area contributed by atoms with Gasteiger partial charge in [-0.2, -0.15) is 0 Å². The van der Waals surface area contributed by atoms with Gasteiger partial charge in [-0.3, -0.25) is 9.59 Å². The molecule has 0 aromatic heterocycles. The standard InChI is InChI=1S/C13H19NO5S/c1-2-6-14(9-5-7-20(18,19)8-9)12(15)10-3-4-11(10)13(16)17/h2,9-11H,1,3-8H2,(H,16,17). The molecule has 0 spiro atoms. The van der Waals surface area contributed by atoms with Crippen LogP contribution in [0.3, 0.4) is 0 Å². The average Bonchev–Trinajstić information content (AvgIpc) is 2.63. The molecular formula is C13H19NO5S. The van der Waals surface area contributed by atoms with Crippen molar-refractivity contribution in [3.05, 3.63) is 12.7 Å². The van der Waals surface area contributed by atoms with Crippen molar-refractivity contribution in [2.24, 2.45) is 11.8 Å². The van der Waals surface area contributed by atoms with Crippen LogP contribution in [0.5, 0.6) is 0 Å². The molecule has 0 radical (unpaired) electrons. The highest BCUT2D eigenvalue weighted by molar-refractivity contribution is 7.91. The number of amides is 1. The minimum absolute atomic E-state index is 0.0307. The lowest BCUT2D eigenvalue weighted by Crippen LogP contribution is -2.50. The SMILES string of the molecule is C=CCN(C(=O)C1CCC1C(=O)O)C1CCS(=O)(=O)C1. The predicted molar refractivity (Wildman–Crippen MR) is 72.8 cm³/mol. The van der Waals surface area contributed by atoms with E-state index < -0.39 is 27.6 Å². The Kier molecular flexibility index (Phi) is 4.17. The summed E-state index contributed by atoms with van der Waals surface area (Å²) in [6, 6.07) is -0.347. The monoisotopic (exact) mass is 301 g/mol. The Morgan fingerprint density at radius 2 is 1.90 bits per heavy atom. The van der Waals surface area contributed by atoms with E-state index in [0.717, 1.165) is 0 Å². The molecule has 1 aliphatic carbocycles. The van der Waals surface area contributed by atoms with Gasteiger partial charge in [-0.05, 0) is 19.3 Å². The van der Waals surface area contributed by atoms with E-state index in [2.05, 4.69) is 6.58 Å². The second kappa shape index (κ2) is 5.55. The molecule has 1 amide bonds. The van der Waals surface area contributed by atoms with E-state index in [0.29, 0.717) is 19.3 Å². The van der Waals surface area contributed by atoms with Crippen molar-refractivity contribution < 1.29 is 23.1 Å². The summed E-state index contributed by atoms with van der Waals surface area (Å²) in [5.41, 5.74) is 0. The molecule has 0 bridgehead atoms. The van der Waals surface area contributed by atoms with Gasteiger partial charge in [0.25, 0.3) is 0 Å². The molecular weight excluding hydrogens is 282 g/mol. The summed E-state index contributed by atoms with van der Waals surface area (Å²) in [6.45, 7) is 3.85. The molecule has 0 aromatic rings. The first kappa shape index (κ1) is 15.0. The van der Waals surface area contributed by atoms with Crippen LogP contribution < -0.4 is 0 Å². The number of rotatable bonds is 5. The highest BCUT2D eigenvalue weighted by Crippen LogP contribution is 2.37. The summed E-state index contributed by atoms with van der Waals surface area (Å²) in [5.74, 6) is -2.29. The molecule has 20 heavy (non-hydrogen) atoms. The number of sulfone groups is 1. The van der Waals surface area contributed by atoms with Crippen LogP contribution in [-0.2, 0) is 19.4 Å². The van der Waals surface area contributed by atoms with Crippen LogP contribution in [0.2, 0.25) is 0 Å². The summed E-state index contributed by atoms with van der Waals surface area (Å²) >= 11 is 0. The van der Waals surface area contributed by atoms with Crippen LogP contribution in [0.4, 0.5) is 0 Å². The molecule has 1 N–H and O–H groups in total. The molecule has 3 unspecified atom stereocenters. The summed E-state index contributed by atoms with van der Waals surface area (Å²) in [6.07, 6.45) is 3.04. The Morgan fingerprint density at radius 1 is 1.25 bits per heavy atom. The Balaban J connectivity index is 2.11. The van der Waals surface area contributed by atoms with Gasteiger partial charge < -0.3 is 10.0 Å². The van der Waals surface area contributed by atoms with Gasteiger partial charge in [-0.15, -0.1) is 6.58 Å². The largest absolute Gasteiger partial charge is 0.481 e. The molecule has 2 rings (SSSR count). The fraction of sp³-hybridized carbons (Fsp3) is 0.692. The molecule has 2 aliphatic rings. The zero-order valence-corrected chi connectivity index (χ0v) is 12.0. The minimum Gasteiger partial charge on any atom is -0.481 e. The van der Waals surface area contributed by atoms with Crippen LogP contribution in [0.25, 0.3) is 0 Å². The highest BCUT2D eigenvalue weighted by atomic mass is 32.2. The highest BCUT2D eigenvalue weighted by Gasteiger charge is 2.45. The van der Waals surface area contributed by atoms with Crippen molar-refractivity contribution in [2.75, 3.05) is 18.1 Å². The zero-order chi connectivity index (χ0) is 14.9. The lowest BCUT2D eigenvalue weighted by Gasteiger charge is -2.38. The minimum atomic E-state index is -3.08. The number of carbonyl (C=O) groups is 2. The third-order valence-electron chi connectivity index (χ3n) is 4.17. The topological polar surface area (TPSA) is 91.8 Å². The van der Waals surface area contributed by atoms with Crippen LogP contribution in [0.1, 0.15) is 19.3 Å². The van der Waals surface area contributed by atoms with Gasteiger partial charge in [0.1, 0.15) is 0 Å². The summed E-state index contributed by atoms with van der Waals surface area (Å²) in [4.78, 5) is 25.0. The molecule has 6 nitrogen and oxygen atoms in total. The van der Waals surface area contributed by atoms with Crippen molar-refractivity contribution in [3.8, 4) is 0 Å². The number of carbonyl (C=O) groups excluding carboxylic acids is 1. The zero-order valence-electron chi connectivity index (χ0n) is 11.2. The second-order valence-corrected chi connectivity index (χ2v) is 7.69. The van der Waals surface area contributed by atoms with Gasteiger partial charge in [-0.25, -0.2) is 8.42 Å². The quantitative estimate of drug-likeness (QED) is 0.737. The number of hydrogen-bond acceptors (Lipinski definition) is 4. The molecule has 1 saturated heterocycles. The van der Waals surface area contributed by atoms with E-state index in [-0.39, 0.29) is 30.0 Å². The van der Waals surface area contributed by atoms with Crippen LogP contribution >= 0.6 is 0 Å². The van der Waals surface area contributed by atoms with E-state index in [1.54, 1.807) is 6.08 Å². The van der Waals surface area contributed by atoms with Crippen molar-refractivity contribution in [3.63, 3.8) is 0 Å².